The van der Waals surface area contributed by atoms with Gasteiger partial charge in [0.05, 0.1) is 6.54 Å². The van der Waals surface area contributed by atoms with Crippen molar-refractivity contribution in [3.8, 4) is 5.75 Å². The molecule has 4 nitrogen and oxygen atoms in total. The number of hydrogen-bond acceptors (Lipinski definition) is 2. The lowest BCUT2D eigenvalue weighted by Crippen LogP contribution is -2.32. The molecule has 0 saturated carbocycles. The fourth-order valence-electron chi connectivity index (χ4n) is 1.42. The van der Waals surface area contributed by atoms with E-state index >= 15 is 0 Å². The first kappa shape index (κ1) is 13.4. The fraction of sp³-hybridized carbons (Fsp3) is 0.462. The molecule has 94 valence electrons. The van der Waals surface area contributed by atoms with Gasteiger partial charge >= 0.3 is 0 Å². The Balaban J connectivity index is 2.44. The number of rotatable bonds is 5. The molecule has 1 rings (SSSR count). The van der Waals surface area contributed by atoms with E-state index in [1.165, 1.54) is 5.56 Å². The van der Waals surface area contributed by atoms with Gasteiger partial charge in [0, 0.05) is 6.54 Å². The van der Waals surface area contributed by atoms with Gasteiger partial charge in [0.1, 0.15) is 11.9 Å². The maximum Gasteiger partial charge on any atom is 0.188 e. The molecule has 0 amide bonds. The zero-order valence-electron chi connectivity index (χ0n) is 10.7. The molecule has 0 fully saturated rings. The molecular formula is C13H21N3O. The van der Waals surface area contributed by atoms with Gasteiger partial charge in [-0.2, -0.15) is 0 Å². The monoisotopic (exact) mass is 235 g/mol. The van der Waals surface area contributed by atoms with Gasteiger partial charge in [0.15, 0.2) is 5.96 Å². The molecule has 1 atom stereocenters. The summed E-state index contributed by atoms with van der Waals surface area (Å²) in [5.41, 5.74) is 6.82. The molecule has 17 heavy (non-hydrogen) atoms. The van der Waals surface area contributed by atoms with Crippen LogP contribution in [0.5, 0.6) is 5.75 Å². The van der Waals surface area contributed by atoms with E-state index in [1.807, 2.05) is 45.0 Å². The number of ether oxygens (including phenoxy) is 1. The van der Waals surface area contributed by atoms with E-state index in [4.69, 9.17) is 10.5 Å². The Morgan fingerprint density at radius 2 is 2.29 bits per heavy atom. The molecule has 0 saturated heterocycles. The van der Waals surface area contributed by atoms with Crippen molar-refractivity contribution >= 4 is 5.96 Å². The summed E-state index contributed by atoms with van der Waals surface area (Å²) in [4.78, 5) is 4.19. The highest BCUT2D eigenvalue weighted by Gasteiger charge is 2.03. The minimum absolute atomic E-state index is 0.00834. The van der Waals surface area contributed by atoms with Gasteiger partial charge in [-0.05, 0) is 38.5 Å². The highest BCUT2D eigenvalue weighted by molar-refractivity contribution is 5.77. The van der Waals surface area contributed by atoms with E-state index in [0.717, 1.165) is 12.3 Å². The second kappa shape index (κ2) is 6.78. The predicted octanol–water partition coefficient (Wildman–Crippen LogP) is 1.69. The van der Waals surface area contributed by atoms with Crippen LogP contribution in [0.15, 0.2) is 29.3 Å². The summed E-state index contributed by atoms with van der Waals surface area (Å²) in [5, 5.41) is 2.95. The zero-order valence-corrected chi connectivity index (χ0v) is 10.7. The lowest BCUT2D eigenvalue weighted by Gasteiger charge is -2.13. The number of benzene rings is 1. The second-order valence-electron chi connectivity index (χ2n) is 4.00. The van der Waals surface area contributed by atoms with E-state index in [2.05, 4.69) is 10.3 Å². The van der Waals surface area contributed by atoms with Crippen LogP contribution in [-0.4, -0.2) is 25.2 Å². The third-order valence-corrected chi connectivity index (χ3v) is 2.20. The van der Waals surface area contributed by atoms with Crippen LogP contribution in [-0.2, 0) is 0 Å². The number of nitrogens with two attached hydrogens (primary N) is 1. The van der Waals surface area contributed by atoms with Crippen molar-refractivity contribution in [2.24, 2.45) is 10.7 Å². The zero-order chi connectivity index (χ0) is 12.7. The van der Waals surface area contributed by atoms with Crippen LogP contribution in [0.25, 0.3) is 0 Å². The molecule has 0 aromatic heterocycles. The van der Waals surface area contributed by atoms with E-state index in [9.17, 15) is 0 Å². The van der Waals surface area contributed by atoms with E-state index in [-0.39, 0.29) is 6.10 Å². The van der Waals surface area contributed by atoms with Crippen LogP contribution in [0.1, 0.15) is 19.4 Å². The number of aryl methyl sites for hydroxylation is 1. The van der Waals surface area contributed by atoms with Crippen LogP contribution >= 0.6 is 0 Å². The van der Waals surface area contributed by atoms with Crippen molar-refractivity contribution in [2.45, 2.75) is 26.9 Å². The minimum atomic E-state index is 0.00834. The van der Waals surface area contributed by atoms with Crippen LogP contribution < -0.4 is 15.8 Å². The van der Waals surface area contributed by atoms with Gasteiger partial charge in [-0.3, -0.25) is 0 Å². The molecule has 3 N–H and O–H groups in total. The first-order chi connectivity index (χ1) is 8.11. The molecule has 1 aromatic carbocycles. The Morgan fingerprint density at radius 3 is 2.94 bits per heavy atom. The maximum atomic E-state index is 5.73. The van der Waals surface area contributed by atoms with Gasteiger partial charge in [-0.15, -0.1) is 0 Å². The lowest BCUT2D eigenvalue weighted by molar-refractivity contribution is 0.230. The van der Waals surface area contributed by atoms with Crippen molar-refractivity contribution in [1.29, 1.82) is 0 Å². The van der Waals surface area contributed by atoms with Crippen molar-refractivity contribution in [3.63, 3.8) is 0 Å². The summed E-state index contributed by atoms with van der Waals surface area (Å²) >= 11 is 0. The molecule has 0 aliphatic carbocycles. The normalized spacial score (nSPS) is 13.2. The van der Waals surface area contributed by atoms with Gasteiger partial charge in [0.2, 0.25) is 0 Å². The van der Waals surface area contributed by atoms with Crippen molar-refractivity contribution in [3.05, 3.63) is 29.8 Å². The average molecular weight is 235 g/mol. The standard InChI is InChI=1S/C13H21N3O/c1-4-15-13(14)16-9-11(3)17-12-7-5-6-10(2)8-12/h5-8,11H,4,9H2,1-3H3,(H3,14,15,16). The molecule has 0 radical (unpaired) electrons. The maximum absolute atomic E-state index is 5.73. The molecule has 4 heteroatoms. The number of hydrogen-bond donors (Lipinski definition) is 2. The topological polar surface area (TPSA) is 59.6 Å². The molecular weight excluding hydrogens is 214 g/mol. The van der Waals surface area contributed by atoms with E-state index < -0.39 is 0 Å². The Kier molecular flexibility index (Phi) is 5.33. The van der Waals surface area contributed by atoms with Gasteiger partial charge in [-0.1, -0.05) is 12.1 Å². The first-order valence-electron chi connectivity index (χ1n) is 5.89. The van der Waals surface area contributed by atoms with Crippen molar-refractivity contribution in [1.82, 2.24) is 5.32 Å². The molecule has 1 aromatic rings. The molecule has 0 bridgehead atoms. The minimum Gasteiger partial charge on any atom is -0.489 e. The summed E-state index contributed by atoms with van der Waals surface area (Å²) in [6.45, 7) is 7.33. The number of nitrogens with zero attached hydrogens (tertiary/aromatic N) is 1. The van der Waals surface area contributed by atoms with Gasteiger partial charge < -0.3 is 15.8 Å². The fourth-order valence-corrected chi connectivity index (χ4v) is 1.42. The predicted molar refractivity (Wildman–Crippen MR) is 71.4 cm³/mol. The van der Waals surface area contributed by atoms with Gasteiger partial charge in [-0.25, -0.2) is 4.99 Å². The molecule has 0 spiro atoms. The lowest BCUT2D eigenvalue weighted by atomic mass is 10.2. The molecule has 0 heterocycles. The van der Waals surface area contributed by atoms with Crippen LogP contribution in [0.3, 0.4) is 0 Å². The number of aliphatic imine (C=N–C) groups is 1. The van der Waals surface area contributed by atoms with Crippen LogP contribution in [0, 0.1) is 6.92 Å². The highest BCUT2D eigenvalue weighted by atomic mass is 16.5. The Morgan fingerprint density at radius 1 is 1.53 bits per heavy atom. The third-order valence-electron chi connectivity index (χ3n) is 2.20. The SMILES string of the molecule is CCNC(N)=NCC(C)Oc1cccc(C)c1. The van der Waals surface area contributed by atoms with E-state index in [1.54, 1.807) is 0 Å². The largest absolute Gasteiger partial charge is 0.489 e. The van der Waals surface area contributed by atoms with Crippen molar-refractivity contribution < 1.29 is 4.74 Å². The van der Waals surface area contributed by atoms with Crippen LogP contribution in [0.4, 0.5) is 0 Å². The van der Waals surface area contributed by atoms with Crippen molar-refractivity contribution in [2.75, 3.05) is 13.1 Å². The second-order valence-corrected chi connectivity index (χ2v) is 4.00. The molecule has 1 unspecified atom stereocenters. The Labute approximate surface area is 103 Å². The van der Waals surface area contributed by atoms with Crippen LogP contribution in [0.2, 0.25) is 0 Å². The van der Waals surface area contributed by atoms with E-state index in [0.29, 0.717) is 12.5 Å². The summed E-state index contributed by atoms with van der Waals surface area (Å²) in [7, 11) is 0. The number of nitrogens with one attached hydrogen (secondary N) is 1. The summed E-state index contributed by atoms with van der Waals surface area (Å²) in [6.07, 6.45) is 0.00834. The average Bonchev–Trinajstić information content (AvgIpc) is 2.27. The molecule has 0 aliphatic rings. The quantitative estimate of drug-likeness (QED) is 0.603. The number of guanidine groups is 1. The Bertz CT molecular complexity index is 377. The molecule has 0 aliphatic heterocycles. The summed E-state index contributed by atoms with van der Waals surface area (Å²) in [5.74, 6) is 1.34. The summed E-state index contributed by atoms with van der Waals surface area (Å²) < 4.78 is 5.73. The Hall–Kier alpha value is -1.71. The highest BCUT2D eigenvalue weighted by Crippen LogP contribution is 2.14. The third kappa shape index (κ3) is 5.24. The first-order valence-corrected chi connectivity index (χ1v) is 5.89. The van der Waals surface area contributed by atoms with Gasteiger partial charge in [0.25, 0.3) is 0 Å². The smallest absolute Gasteiger partial charge is 0.188 e. The summed E-state index contributed by atoms with van der Waals surface area (Å²) in [6, 6.07) is 7.97.